The number of unbranched alkanes of at least 4 members (excludes halogenated alkanes) is 1. The van der Waals surface area contributed by atoms with E-state index in [0.717, 1.165) is 0 Å². The number of thiol groups is 2. The van der Waals surface area contributed by atoms with Crippen molar-refractivity contribution in [1.29, 1.82) is 0 Å². The summed E-state index contributed by atoms with van der Waals surface area (Å²) in [6.07, 6.45) is 2.69. The molecule has 0 aromatic rings. The van der Waals surface area contributed by atoms with E-state index in [1.54, 1.807) is 0 Å². The Morgan fingerprint density at radius 3 is 1.50 bits per heavy atom. The molecule has 0 amide bonds. The van der Waals surface area contributed by atoms with Crippen LogP contribution in [0.2, 0.25) is 0 Å². The summed E-state index contributed by atoms with van der Waals surface area (Å²) in [5.41, 5.74) is 0. The molecule has 86 valence electrons. The molecule has 0 N–H and O–H groups in total. The van der Waals surface area contributed by atoms with Crippen LogP contribution in [0.5, 0.6) is 0 Å². The minimum absolute atomic E-state index is 0.541. The van der Waals surface area contributed by atoms with Crippen molar-refractivity contribution in [3.05, 3.63) is 0 Å². The average Bonchev–Trinajstić information content (AvgIpc) is 2.08. The highest BCUT2D eigenvalue weighted by atomic mass is 32.2. The smallest absolute Gasteiger partial charge is 0.00791 e. The molecule has 14 heavy (non-hydrogen) atoms. The Hall–Kier alpha value is 1.40. The molecule has 0 rings (SSSR count). The Bertz CT molecular complexity index is 101. The van der Waals surface area contributed by atoms with Crippen LogP contribution < -0.4 is 0 Å². The van der Waals surface area contributed by atoms with E-state index in [4.69, 9.17) is 0 Å². The SMILES string of the molecule is CC(S)CSCCCCSCC(C)S. The number of rotatable bonds is 9. The van der Waals surface area contributed by atoms with Crippen LogP contribution in [0.4, 0.5) is 0 Å². The molecule has 0 saturated heterocycles. The molecule has 0 aromatic heterocycles. The molecule has 0 heterocycles. The maximum Gasteiger partial charge on any atom is 0.00791 e. The lowest BCUT2D eigenvalue weighted by atomic mass is 10.4. The lowest BCUT2D eigenvalue weighted by molar-refractivity contribution is 0.905. The first-order chi connectivity index (χ1) is 6.63. The molecule has 2 unspecified atom stereocenters. The summed E-state index contributed by atoms with van der Waals surface area (Å²) in [6.45, 7) is 4.31. The zero-order valence-electron chi connectivity index (χ0n) is 9.11. The maximum absolute atomic E-state index is 4.35. The molecule has 0 nitrogen and oxygen atoms in total. The minimum Gasteiger partial charge on any atom is -0.175 e. The van der Waals surface area contributed by atoms with Gasteiger partial charge in [0.1, 0.15) is 0 Å². The Morgan fingerprint density at radius 2 is 1.21 bits per heavy atom. The van der Waals surface area contributed by atoms with Gasteiger partial charge in [-0.1, -0.05) is 13.8 Å². The third kappa shape index (κ3) is 13.4. The fourth-order valence-electron chi connectivity index (χ4n) is 0.916. The van der Waals surface area contributed by atoms with Crippen LogP contribution in [0, 0.1) is 0 Å². The van der Waals surface area contributed by atoms with Gasteiger partial charge in [0, 0.05) is 22.0 Å². The highest BCUT2D eigenvalue weighted by molar-refractivity contribution is 8.00. The quantitative estimate of drug-likeness (QED) is 0.482. The van der Waals surface area contributed by atoms with Crippen molar-refractivity contribution < 1.29 is 0 Å². The first-order valence-electron chi connectivity index (χ1n) is 5.14. The summed E-state index contributed by atoms with van der Waals surface area (Å²) in [5, 5.41) is 1.08. The van der Waals surface area contributed by atoms with E-state index in [-0.39, 0.29) is 0 Å². The maximum atomic E-state index is 4.35. The minimum atomic E-state index is 0.541. The molecule has 0 saturated carbocycles. The van der Waals surface area contributed by atoms with Gasteiger partial charge in [0.15, 0.2) is 0 Å². The van der Waals surface area contributed by atoms with Crippen molar-refractivity contribution >= 4 is 48.8 Å². The predicted molar refractivity (Wildman–Crippen MR) is 80.8 cm³/mol. The van der Waals surface area contributed by atoms with E-state index in [0.29, 0.717) is 10.5 Å². The van der Waals surface area contributed by atoms with Crippen molar-refractivity contribution in [2.45, 2.75) is 37.2 Å². The molecular weight excluding hydrogens is 248 g/mol. The van der Waals surface area contributed by atoms with Gasteiger partial charge in [-0.3, -0.25) is 0 Å². The van der Waals surface area contributed by atoms with Crippen LogP contribution in [0.25, 0.3) is 0 Å². The van der Waals surface area contributed by atoms with Gasteiger partial charge < -0.3 is 0 Å². The summed E-state index contributed by atoms with van der Waals surface area (Å²) in [4.78, 5) is 0. The fourth-order valence-corrected chi connectivity index (χ4v) is 3.38. The number of thioether (sulfide) groups is 2. The van der Waals surface area contributed by atoms with Gasteiger partial charge in [-0.15, -0.1) is 0 Å². The topological polar surface area (TPSA) is 0 Å². The highest BCUT2D eigenvalue weighted by Gasteiger charge is 1.97. The van der Waals surface area contributed by atoms with Gasteiger partial charge in [0.2, 0.25) is 0 Å². The monoisotopic (exact) mass is 270 g/mol. The normalized spacial score (nSPS) is 15.4. The van der Waals surface area contributed by atoms with Crippen molar-refractivity contribution in [2.75, 3.05) is 23.0 Å². The molecule has 2 atom stereocenters. The van der Waals surface area contributed by atoms with Crippen molar-refractivity contribution in [3.8, 4) is 0 Å². The van der Waals surface area contributed by atoms with Crippen LogP contribution in [0.3, 0.4) is 0 Å². The van der Waals surface area contributed by atoms with E-state index < -0.39 is 0 Å². The molecule has 0 aromatic carbocycles. The summed E-state index contributed by atoms with van der Waals surface area (Å²) in [5.74, 6) is 4.96. The van der Waals surface area contributed by atoms with E-state index in [9.17, 15) is 0 Å². The summed E-state index contributed by atoms with van der Waals surface area (Å²) >= 11 is 12.7. The van der Waals surface area contributed by atoms with E-state index in [1.165, 1.54) is 35.9 Å². The third-order valence-corrected chi connectivity index (χ3v) is 5.03. The lowest BCUT2D eigenvalue weighted by Crippen LogP contribution is -1.97. The molecule has 0 aliphatic rings. The Morgan fingerprint density at radius 1 is 0.857 bits per heavy atom. The first-order valence-corrected chi connectivity index (χ1v) is 8.48. The molecule has 0 radical (unpaired) electrons. The molecule has 4 heteroatoms. The summed E-state index contributed by atoms with van der Waals surface area (Å²) in [6, 6.07) is 0. The zero-order chi connectivity index (χ0) is 10.8. The number of hydrogen-bond donors (Lipinski definition) is 2. The molecule has 0 spiro atoms. The van der Waals surface area contributed by atoms with Crippen molar-refractivity contribution in [3.63, 3.8) is 0 Å². The Labute approximate surface area is 109 Å². The predicted octanol–water partition coefficient (Wildman–Crippen LogP) is 3.87. The van der Waals surface area contributed by atoms with Gasteiger partial charge in [0.05, 0.1) is 0 Å². The first kappa shape index (κ1) is 15.4. The second-order valence-electron chi connectivity index (χ2n) is 3.55. The lowest BCUT2D eigenvalue weighted by Gasteiger charge is -2.05. The Kier molecular flexibility index (Phi) is 12.0. The molecule has 0 aliphatic heterocycles. The van der Waals surface area contributed by atoms with Crippen LogP contribution in [0.1, 0.15) is 26.7 Å². The average molecular weight is 271 g/mol. The van der Waals surface area contributed by atoms with E-state index >= 15 is 0 Å². The van der Waals surface area contributed by atoms with Crippen molar-refractivity contribution in [1.82, 2.24) is 0 Å². The third-order valence-electron chi connectivity index (χ3n) is 1.55. The summed E-state index contributed by atoms with van der Waals surface area (Å²) in [7, 11) is 0. The Balaban J connectivity index is 2.92. The van der Waals surface area contributed by atoms with Gasteiger partial charge in [-0.05, 0) is 24.3 Å². The van der Waals surface area contributed by atoms with E-state index in [2.05, 4.69) is 39.1 Å². The van der Waals surface area contributed by atoms with Gasteiger partial charge in [-0.25, -0.2) is 0 Å². The van der Waals surface area contributed by atoms with Crippen LogP contribution in [-0.4, -0.2) is 33.5 Å². The number of hydrogen-bond acceptors (Lipinski definition) is 4. The zero-order valence-corrected chi connectivity index (χ0v) is 12.5. The highest BCUT2D eigenvalue weighted by Crippen LogP contribution is 2.13. The summed E-state index contributed by atoms with van der Waals surface area (Å²) < 4.78 is 0. The van der Waals surface area contributed by atoms with Gasteiger partial charge >= 0.3 is 0 Å². The van der Waals surface area contributed by atoms with Crippen LogP contribution >= 0.6 is 48.8 Å². The van der Waals surface area contributed by atoms with Crippen LogP contribution in [0.15, 0.2) is 0 Å². The molecule has 0 fully saturated rings. The largest absolute Gasteiger partial charge is 0.175 e. The van der Waals surface area contributed by atoms with Crippen molar-refractivity contribution in [2.24, 2.45) is 0 Å². The van der Waals surface area contributed by atoms with Crippen LogP contribution in [-0.2, 0) is 0 Å². The second kappa shape index (κ2) is 10.9. The molecule has 0 bridgehead atoms. The molecule has 0 aliphatic carbocycles. The second-order valence-corrected chi connectivity index (χ2v) is 7.62. The fraction of sp³-hybridized carbons (Fsp3) is 1.00. The molecular formula is C10H22S4. The van der Waals surface area contributed by atoms with Gasteiger partial charge in [-0.2, -0.15) is 48.8 Å². The van der Waals surface area contributed by atoms with E-state index in [1.807, 2.05) is 23.5 Å². The standard InChI is InChI=1S/C10H22S4/c1-9(11)7-13-5-3-4-6-14-8-10(2)12/h9-12H,3-8H2,1-2H3. The van der Waals surface area contributed by atoms with Gasteiger partial charge in [0.25, 0.3) is 0 Å².